The highest BCUT2D eigenvalue weighted by Crippen LogP contribution is 2.52. The molecule has 0 bridgehead atoms. The standard InChI is InChI=1S/C7H10O4/c8-6(9)4-3-1-2-11-7(10)5(3)4/h3-5,7,10H,1-2H2,(H,8,9)/p-1. The first-order chi connectivity index (χ1) is 5.22. The summed E-state index contributed by atoms with van der Waals surface area (Å²) in [4.78, 5) is 10.4. The summed E-state index contributed by atoms with van der Waals surface area (Å²) in [5, 5.41) is 19.5. The molecule has 1 saturated heterocycles. The number of hydrogen-bond donors (Lipinski definition) is 1. The van der Waals surface area contributed by atoms with Crippen LogP contribution in [0.5, 0.6) is 0 Å². The van der Waals surface area contributed by atoms with Gasteiger partial charge in [0.05, 0.1) is 6.61 Å². The third-order valence-corrected chi connectivity index (χ3v) is 2.57. The molecule has 4 atom stereocenters. The van der Waals surface area contributed by atoms with E-state index in [1.54, 1.807) is 0 Å². The van der Waals surface area contributed by atoms with E-state index in [1.165, 1.54) is 0 Å². The molecular weight excluding hydrogens is 148 g/mol. The lowest BCUT2D eigenvalue weighted by Gasteiger charge is -2.15. The molecule has 1 heterocycles. The van der Waals surface area contributed by atoms with Crippen LogP contribution in [-0.4, -0.2) is 24.0 Å². The van der Waals surface area contributed by atoms with Crippen LogP contribution in [0, 0.1) is 17.8 Å². The number of carboxylic acids is 1. The van der Waals surface area contributed by atoms with Gasteiger partial charge in [-0.1, -0.05) is 0 Å². The number of ether oxygens (including phenoxy) is 1. The fourth-order valence-electron chi connectivity index (χ4n) is 1.93. The molecule has 0 aromatic carbocycles. The van der Waals surface area contributed by atoms with E-state index in [-0.39, 0.29) is 11.8 Å². The van der Waals surface area contributed by atoms with Crippen LogP contribution < -0.4 is 5.11 Å². The minimum absolute atomic E-state index is 0.101. The Bertz CT molecular complexity index is 191. The molecule has 4 heteroatoms. The first kappa shape index (κ1) is 7.06. The van der Waals surface area contributed by atoms with Gasteiger partial charge >= 0.3 is 0 Å². The Kier molecular flexibility index (Phi) is 1.40. The summed E-state index contributed by atoms with van der Waals surface area (Å²) in [5.74, 6) is -1.62. The number of rotatable bonds is 1. The molecule has 1 aliphatic heterocycles. The molecule has 2 rings (SSSR count). The summed E-state index contributed by atoms with van der Waals surface area (Å²) in [5.41, 5.74) is 0. The average molecular weight is 157 g/mol. The minimum atomic E-state index is -1.05. The highest BCUT2D eigenvalue weighted by Gasteiger charge is 2.56. The zero-order valence-corrected chi connectivity index (χ0v) is 5.90. The van der Waals surface area contributed by atoms with Gasteiger partial charge in [-0.05, 0) is 12.3 Å². The SMILES string of the molecule is O=C([O-])C1C2CCOC(O)C21. The summed E-state index contributed by atoms with van der Waals surface area (Å²) >= 11 is 0. The van der Waals surface area contributed by atoms with Crippen molar-refractivity contribution in [1.82, 2.24) is 0 Å². The number of aliphatic hydroxyl groups excluding tert-OH is 1. The summed E-state index contributed by atoms with van der Waals surface area (Å²) < 4.78 is 4.88. The Hall–Kier alpha value is -0.610. The predicted octanol–water partition coefficient (Wildman–Crippen LogP) is -1.66. The molecular formula is C7H9O4-. The summed E-state index contributed by atoms with van der Waals surface area (Å²) in [6.45, 7) is 0.464. The maximum absolute atomic E-state index is 10.4. The Morgan fingerprint density at radius 1 is 1.64 bits per heavy atom. The van der Waals surface area contributed by atoms with E-state index < -0.39 is 18.2 Å². The molecule has 0 aromatic heterocycles. The Labute approximate surface area is 63.8 Å². The molecule has 11 heavy (non-hydrogen) atoms. The van der Waals surface area contributed by atoms with Crippen molar-refractivity contribution in [2.45, 2.75) is 12.7 Å². The number of aliphatic carboxylic acids is 1. The smallest absolute Gasteiger partial charge is 0.158 e. The lowest BCUT2D eigenvalue weighted by Crippen LogP contribution is -2.27. The van der Waals surface area contributed by atoms with E-state index in [0.29, 0.717) is 6.61 Å². The zero-order chi connectivity index (χ0) is 8.01. The topological polar surface area (TPSA) is 69.6 Å². The second-order valence-corrected chi connectivity index (χ2v) is 3.14. The number of carboxylic acid groups (broad SMARTS) is 1. The van der Waals surface area contributed by atoms with Gasteiger partial charge in [0.25, 0.3) is 0 Å². The normalized spacial score (nSPS) is 48.1. The summed E-state index contributed by atoms with van der Waals surface area (Å²) in [7, 11) is 0. The van der Waals surface area contributed by atoms with Crippen LogP contribution in [0.1, 0.15) is 6.42 Å². The molecule has 0 spiro atoms. The van der Waals surface area contributed by atoms with Crippen molar-refractivity contribution >= 4 is 5.97 Å². The molecule has 1 saturated carbocycles. The Morgan fingerprint density at radius 2 is 2.36 bits per heavy atom. The second kappa shape index (κ2) is 2.19. The van der Waals surface area contributed by atoms with Crippen LogP contribution >= 0.6 is 0 Å². The van der Waals surface area contributed by atoms with Crippen molar-refractivity contribution in [3.8, 4) is 0 Å². The molecule has 0 aromatic rings. The van der Waals surface area contributed by atoms with Crippen molar-refractivity contribution in [2.24, 2.45) is 17.8 Å². The number of hydrogen-bond acceptors (Lipinski definition) is 4. The minimum Gasteiger partial charge on any atom is -0.550 e. The maximum Gasteiger partial charge on any atom is 0.158 e. The Balaban J connectivity index is 2.05. The van der Waals surface area contributed by atoms with Gasteiger partial charge in [-0.15, -0.1) is 0 Å². The molecule has 62 valence electrons. The largest absolute Gasteiger partial charge is 0.550 e. The van der Waals surface area contributed by atoms with Crippen LogP contribution in [0.15, 0.2) is 0 Å². The fraction of sp³-hybridized carbons (Fsp3) is 0.857. The number of carbonyl (C=O) groups excluding carboxylic acids is 1. The first-order valence-electron chi connectivity index (χ1n) is 3.72. The van der Waals surface area contributed by atoms with Crippen LogP contribution in [0.4, 0.5) is 0 Å². The first-order valence-corrected chi connectivity index (χ1v) is 3.72. The van der Waals surface area contributed by atoms with Crippen LogP contribution in [0.25, 0.3) is 0 Å². The van der Waals surface area contributed by atoms with E-state index >= 15 is 0 Å². The molecule has 1 aliphatic carbocycles. The van der Waals surface area contributed by atoms with Gasteiger partial charge in [0.1, 0.15) is 0 Å². The highest BCUT2D eigenvalue weighted by atomic mass is 16.6. The van der Waals surface area contributed by atoms with Crippen molar-refractivity contribution in [3.63, 3.8) is 0 Å². The molecule has 2 fully saturated rings. The maximum atomic E-state index is 10.4. The quantitative estimate of drug-likeness (QED) is 0.494. The Morgan fingerprint density at radius 3 is 2.91 bits per heavy atom. The van der Waals surface area contributed by atoms with Gasteiger partial charge in [0, 0.05) is 17.8 Å². The molecule has 0 amide bonds. The molecule has 4 nitrogen and oxygen atoms in total. The number of carbonyl (C=O) groups is 1. The third kappa shape index (κ3) is 0.937. The van der Waals surface area contributed by atoms with Gasteiger partial charge in [0.2, 0.25) is 0 Å². The van der Waals surface area contributed by atoms with Crippen LogP contribution in [-0.2, 0) is 9.53 Å². The van der Waals surface area contributed by atoms with Crippen LogP contribution in [0.3, 0.4) is 0 Å². The monoisotopic (exact) mass is 157 g/mol. The van der Waals surface area contributed by atoms with E-state index in [9.17, 15) is 9.90 Å². The van der Waals surface area contributed by atoms with Gasteiger partial charge in [-0.2, -0.15) is 0 Å². The average Bonchev–Trinajstić information content (AvgIpc) is 2.62. The number of fused-ring (bicyclic) bond motifs is 1. The second-order valence-electron chi connectivity index (χ2n) is 3.14. The van der Waals surface area contributed by atoms with Crippen LogP contribution in [0.2, 0.25) is 0 Å². The van der Waals surface area contributed by atoms with E-state index in [4.69, 9.17) is 9.84 Å². The van der Waals surface area contributed by atoms with E-state index in [1.807, 2.05) is 0 Å². The van der Waals surface area contributed by atoms with Crippen molar-refractivity contribution in [3.05, 3.63) is 0 Å². The van der Waals surface area contributed by atoms with Gasteiger partial charge in [-0.3, -0.25) is 0 Å². The van der Waals surface area contributed by atoms with Gasteiger partial charge < -0.3 is 19.7 Å². The third-order valence-electron chi connectivity index (χ3n) is 2.57. The predicted molar refractivity (Wildman–Crippen MR) is 32.1 cm³/mol. The summed E-state index contributed by atoms with van der Waals surface area (Å²) in [6.07, 6.45) is -0.142. The van der Waals surface area contributed by atoms with E-state index in [0.717, 1.165) is 6.42 Å². The van der Waals surface area contributed by atoms with Gasteiger partial charge in [-0.25, -0.2) is 0 Å². The number of aliphatic hydroxyl groups is 1. The lowest BCUT2D eigenvalue weighted by molar-refractivity contribution is -0.309. The molecule has 2 aliphatic rings. The lowest BCUT2D eigenvalue weighted by atomic mass is 10.2. The molecule has 1 N–H and O–H groups in total. The fourth-order valence-corrected chi connectivity index (χ4v) is 1.93. The zero-order valence-electron chi connectivity index (χ0n) is 5.90. The van der Waals surface area contributed by atoms with Crippen molar-refractivity contribution in [2.75, 3.05) is 6.61 Å². The van der Waals surface area contributed by atoms with E-state index in [2.05, 4.69) is 0 Å². The van der Waals surface area contributed by atoms with Crippen molar-refractivity contribution < 1.29 is 19.7 Å². The highest BCUT2D eigenvalue weighted by molar-refractivity contribution is 5.72. The molecule has 4 unspecified atom stereocenters. The van der Waals surface area contributed by atoms with Gasteiger partial charge in [0.15, 0.2) is 6.29 Å². The van der Waals surface area contributed by atoms with Crippen molar-refractivity contribution in [1.29, 1.82) is 0 Å². The summed E-state index contributed by atoms with van der Waals surface area (Å²) in [6, 6.07) is 0. The molecule has 0 radical (unpaired) electrons.